The molecule has 6 rings (SSSR count). The standard InChI is InChI=1S/C33H32N6O3/c1-4-8-29-27(31(41)38(32-34-20-35-39(29)32)24-14-12-23(13-15-24)33(2,3)42)18-21-11-16-25(22-9-6-5-7-10-22)26(17-21)28-19-30(40)37-36-28/h5-7,9-17,20,42H,4,8,18-19H2,1-3H3,(H,37,40). The Balaban J connectivity index is 1.50. The highest BCUT2D eigenvalue weighted by Gasteiger charge is 2.23. The molecule has 1 aliphatic rings. The summed E-state index contributed by atoms with van der Waals surface area (Å²) in [4.78, 5) is 30.8. The minimum Gasteiger partial charge on any atom is -0.386 e. The van der Waals surface area contributed by atoms with Crippen molar-refractivity contribution in [2.45, 2.75) is 52.1 Å². The molecule has 0 spiro atoms. The molecule has 3 heterocycles. The molecular weight excluding hydrogens is 528 g/mol. The minimum absolute atomic E-state index is 0.144. The third-order valence-corrected chi connectivity index (χ3v) is 7.62. The third kappa shape index (κ3) is 5.03. The summed E-state index contributed by atoms with van der Waals surface area (Å²) in [6.07, 6.45) is 3.51. The number of hydrazone groups is 1. The van der Waals surface area contributed by atoms with Crippen molar-refractivity contribution in [1.29, 1.82) is 0 Å². The van der Waals surface area contributed by atoms with E-state index in [1.807, 2.05) is 72.8 Å². The van der Waals surface area contributed by atoms with Gasteiger partial charge in [-0.15, -0.1) is 0 Å². The van der Waals surface area contributed by atoms with Crippen molar-refractivity contribution < 1.29 is 9.90 Å². The van der Waals surface area contributed by atoms with Crippen LogP contribution in [0.25, 0.3) is 22.6 Å². The summed E-state index contributed by atoms with van der Waals surface area (Å²) in [5.41, 5.74) is 8.68. The number of hydrogen-bond acceptors (Lipinski definition) is 6. The summed E-state index contributed by atoms with van der Waals surface area (Å²) >= 11 is 0. The maximum absolute atomic E-state index is 14.3. The van der Waals surface area contributed by atoms with E-state index >= 15 is 0 Å². The Bertz CT molecular complexity index is 1880. The van der Waals surface area contributed by atoms with Crippen molar-refractivity contribution in [3.63, 3.8) is 0 Å². The quantitative estimate of drug-likeness (QED) is 0.289. The lowest BCUT2D eigenvalue weighted by atomic mass is 9.91. The van der Waals surface area contributed by atoms with Gasteiger partial charge in [0.15, 0.2) is 0 Å². The Morgan fingerprint density at radius 2 is 1.74 bits per heavy atom. The van der Waals surface area contributed by atoms with Crippen LogP contribution in [0.15, 0.2) is 89.0 Å². The number of carbonyl (C=O) groups is 1. The van der Waals surface area contributed by atoms with Crippen molar-refractivity contribution in [3.8, 4) is 16.8 Å². The van der Waals surface area contributed by atoms with Gasteiger partial charge in [0.2, 0.25) is 11.7 Å². The minimum atomic E-state index is -1.00. The Kier molecular flexibility index (Phi) is 7.04. The van der Waals surface area contributed by atoms with Crippen molar-refractivity contribution in [1.82, 2.24) is 24.6 Å². The molecule has 212 valence electrons. The van der Waals surface area contributed by atoms with Crippen molar-refractivity contribution >= 4 is 17.4 Å². The Hall–Kier alpha value is -4.89. The second kappa shape index (κ2) is 10.8. The van der Waals surface area contributed by atoms with E-state index in [1.165, 1.54) is 6.33 Å². The van der Waals surface area contributed by atoms with Crippen LogP contribution in [0.4, 0.5) is 0 Å². The van der Waals surface area contributed by atoms with E-state index in [4.69, 9.17) is 0 Å². The first-order valence-corrected chi connectivity index (χ1v) is 14.1. The molecule has 1 amide bonds. The van der Waals surface area contributed by atoms with Crippen LogP contribution in [-0.2, 0) is 23.2 Å². The van der Waals surface area contributed by atoms with Gasteiger partial charge in [0.1, 0.15) is 6.33 Å². The van der Waals surface area contributed by atoms with E-state index < -0.39 is 5.60 Å². The number of fused-ring (bicyclic) bond motifs is 1. The van der Waals surface area contributed by atoms with Crippen LogP contribution < -0.4 is 11.0 Å². The highest BCUT2D eigenvalue weighted by atomic mass is 16.3. The number of aliphatic hydroxyl groups is 1. The normalized spacial score (nSPS) is 13.4. The Morgan fingerprint density at radius 1 is 0.976 bits per heavy atom. The van der Waals surface area contributed by atoms with E-state index in [0.717, 1.165) is 39.9 Å². The molecule has 3 aromatic carbocycles. The second-order valence-electron chi connectivity index (χ2n) is 11.1. The monoisotopic (exact) mass is 560 g/mol. The lowest BCUT2D eigenvalue weighted by Crippen LogP contribution is -2.28. The van der Waals surface area contributed by atoms with Crippen molar-refractivity contribution in [3.05, 3.63) is 117 Å². The first-order valence-electron chi connectivity index (χ1n) is 14.1. The molecule has 0 aliphatic carbocycles. The molecule has 9 nitrogen and oxygen atoms in total. The zero-order chi connectivity index (χ0) is 29.4. The van der Waals surface area contributed by atoms with Crippen LogP contribution in [-0.4, -0.2) is 35.9 Å². The summed E-state index contributed by atoms with van der Waals surface area (Å²) in [7, 11) is 0. The molecule has 0 unspecified atom stereocenters. The predicted octanol–water partition coefficient (Wildman–Crippen LogP) is 4.54. The molecule has 2 aromatic heterocycles. The molecule has 5 aromatic rings. The average Bonchev–Trinajstić information content (AvgIpc) is 3.64. The molecule has 0 bridgehead atoms. The number of benzene rings is 3. The van der Waals surface area contributed by atoms with Crippen LogP contribution >= 0.6 is 0 Å². The van der Waals surface area contributed by atoms with E-state index in [0.29, 0.717) is 35.6 Å². The van der Waals surface area contributed by atoms with Gasteiger partial charge >= 0.3 is 0 Å². The van der Waals surface area contributed by atoms with E-state index in [1.54, 1.807) is 22.9 Å². The zero-order valence-electron chi connectivity index (χ0n) is 23.8. The predicted molar refractivity (Wildman–Crippen MR) is 162 cm³/mol. The molecule has 0 atom stereocenters. The lowest BCUT2D eigenvalue weighted by molar-refractivity contribution is -0.119. The fourth-order valence-corrected chi connectivity index (χ4v) is 5.51. The van der Waals surface area contributed by atoms with Crippen LogP contribution in [0.2, 0.25) is 0 Å². The summed E-state index contributed by atoms with van der Waals surface area (Å²) in [5.74, 6) is 0.294. The number of rotatable bonds is 8. The lowest BCUT2D eigenvalue weighted by Gasteiger charge is -2.19. The summed E-state index contributed by atoms with van der Waals surface area (Å²) in [6, 6.07) is 23.4. The molecule has 0 saturated carbocycles. The first kappa shape index (κ1) is 27.3. The molecule has 0 saturated heterocycles. The zero-order valence-corrected chi connectivity index (χ0v) is 23.8. The van der Waals surface area contributed by atoms with Gasteiger partial charge in [0, 0.05) is 17.5 Å². The van der Waals surface area contributed by atoms with Gasteiger partial charge in [-0.25, -0.2) is 14.5 Å². The number of aromatic nitrogens is 4. The van der Waals surface area contributed by atoms with Crippen LogP contribution in [0, 0.1) is 0 Å². The van der Waals surface area contributed by atoms with Gasteiger partial charge in [0.05, 0.1) is 29.1 Å². The topological polar surface area (TPSA) is 114 Å². The molecule has 2 N–H and O–H groups in total. The maximum atomic E-state index is 14.3. The SMILES string of the molecule is CCCc1c(Cc2ccc(-c3ccccc3)c(C3=NNC(=O)C3)c2)c(=O)n(-c2ccc(C(C)(C)O)cc2)c2ncnn12. The molecular formula is C33H32N6O3. The van der Waals surface area contributed by atoms with Gasteiger partial charge < -0.3 is 5.11 Å². The van der Waals surface area contributed by atoms with E-state index in [2.05, 4.69) is 27.5 Å². The number of carbonyl (C=O) groups excluding carboxylic acids is 1. The molecule has 0 fully saturated rings. The first-order chi connectivity index (χ1) is 20.2. The fraction of sp³-hybridized carbons (Fsp3) is 0.242. The average molecular weight is 561 g/mol. The van der Waals surface area contributed by atoms with E-state index in [9.17, 15) is 14.7 Å². The second-order valence-corrected chi connectivity index (χ2v) is 11.1. The summed E-state index contributed by atoms with van der Waals surface area (Å²) in [5, 5.41) is 19.2. The number of nitrogens with zero attached hydrogens (tertiary/aromatic N) is 5. The smallest absolute Gasteiger partial charge is 0.263 e. The highest BCUT2D eigenvalue weighted by Crippen LogP contribution is 2.29. The summed E-state index contributed by atoms with van der Waals surface area (Å²) in [6.45, 7) is 5.52. The fourth-order valence-electron chi connectivity index (χ4n) is 5.51. The van der Waals surface area contributed by atoms with Crippen LogP contribution in [0.3, 0.4) is 0 Å². The van der Waals surface area contributed by atoms with Gasteiger partial charge in [-0.1, -0.05) is 67.9 Å². The number of amides is 1. The van der Waals surface area contributed by atoms with Gasteiger partial charge in [-0.05, 0) is 60.7 Å². The molecule has 0 radical (unpaired) electrons. The molecule has 9 heteroatoms. The number of aryl methyl sites for hydroxylation is 1. The third-order valence-electron chi connectivity index (χ3n) is 7.62. The van der Waals surface area contributed by atoms with E-state index in [-0.39, 0.29) is 17.9 Å². The van der Waals surface area contributed by atoms with Crippen molar-refractivity contribution in [2.75, 3.05) is 0 Å². The molecule has 42 heavy (non-hydrogen) atoms. The summed E-state index contributed by atoms with van der Waals surface area (Å²) < 4.78 is 3.34. The molecule has 1 aliphatic heterocycles. The van der Waals surface area contributed by atoms with Crippen LogP contribution in [0.1, 0.15) is 61.6 Å². The Labute approximate surface area is 243 Å². The maximum Gasteiger partial charge on any atom is 0.263 e. The van der Waals surface area contributed by atoms with Gasteiger partial charge in [-0.2, -0.15) is 15.2 Å². The van der Waals surface area contributed by atoms with Crippen LogP contribution in [0.5, 0.6) is 0 Å². The van der Waals surface area contributed by atoms with Gasteiger partial charge in [0.25, 0.3) is 5.56 Å². The number of nitrogens with one attached hydrogen (secondary N) is 1. The largest absolute Gasteiger partial charge is 0.386 e. The van der Waals surface area contributed by atoms with Crippen molar-refractivity contribution in [2.24, 2.45) is 5.10 Å². The highest BCUT2D eigenvalue weighted by molar-refractivity contribution is 6.16. The number of hydrogen-bond donors (Lipinski definition) is 2. The van der Waals surface area contributed by atoms with Gasteiger partial charge in [-0.3, -0.25) is 9.59 Å². The Morgan fingerprint density at radius 3 is 2.40 bits per heavy atom.